The van der Waals surface area contributed by atoms with Crippen molar-refractivity contribution in [2.24, 2.45) is 10.4 Å². The van der Waals surface area contributed by atoms with Crippen molar-refractivity contribution in [1.29, 1.82) is 0 Å². The Hall–Kier alpha value is -0.680. The molecular weight excluding hydrogens is 336 g/mol. The fraction of sp³-hybridized carbons (Fsp3) is 0.533. The highest BCUT2D eigenvalue weighted by Gasteiger charge is 2.30. The maximum absolute atomic E-state index is 5.28. The summed E-state index contributed by atoms with van der Waals surface area (Å²) in [6.07, 6.45) is 2.38. The number of nitrogens with zero attached hydrogens (tertiary/aromatic N) is 1. The third kappa shape index (κ3) is 3.70. The number of thioether (sulfide) groups is 1. The minimum absolute atomic E-state index is 0.380. The van der Waals surface area contributed by atoms with Gasteiger partial charge in [0.25, 0.3) is 0 Å². The molecule has 1 aliphatic rings. The fourth-order valence-corrected chi connectivity index (χ4v) is 3.94. The number of aliphatic imine (C=N–C) groups is 1. The Bertz CT molecular complexity index is 501. The average Bonchev–Trinajstić information content (AvgIpc) is 2.48. The van der Waals surface area contributed by atoms with Crippen LogP contribution in [0.1, 0.15) is 26.7 Å². The molecule has 0 radical (unpaired) electrons. The Labute approximate surface area is 133 Å². The van der Waals surface area contributed by atoms with E-state index < -0.39 is 0 Å². The SMILES string of the molecule is CCC1(CC)CN=C(Nc2cc(Br)cc(OC)c2)SC1. The van der Waals surface area contributed by atoms with E-state index in [2.05, 4.69) is 35.1 Å². The monoisotopic (exact) mass is 356 g/mol. The summed E-state index contributed by atoms with van der Waals surface area (Å²) in [5.41, 5.74) is 1.38. The van der Waals surface area contributed by atoms with Gasteiger partial charge in [-0.05, 0) is 30.4 Å². The molecule has 1 N–H and O–H groups in total. The molecule has 1 aromatic rings. The molecule has 0 unspecified atom stereocenters. The van der Waals surface area contributed by atoms with Crippen LogP contribution in [0.25, 0.3) is 0 Å². The smallest absolute Gasteiger partial charge is 0.161 e. The van der Waals surface area contributed by atoms with E-state index >= 15 is 0 Å². The fourth-order valence-electron chi connectivity index (χ4n) is 2.18. The Morgan fingerprint density at radius 2 is 2.10 bits per heavy atom. The molecule has 5 heteroatoms. The largest absolute Gasteiger partial charge is 0.497 e. The highest BCUT2D eigenvalue weighted by Crippen LogP contribution is 2.35. The van der Waals surface area contributed by atoms with Gasteiger partial charge in [-0.1, -0.05) is 41.5 Å². The number of hydrogen-bond donors (Lipinski definition) is 1. The van der Waals surface area contributed by atoms with Crippen molar-refractivity contribution in [1.82, 2.24) is 0 Å². The van der Waals surface area contributed by atoms with Gasteiger partial charge in [-0.2, -0.15) is 0 Å². The van der Waals surface area contributed by atoms with Gasteiger partial charge >= 0.3 is 0 Å². The molecule has 2 rings (SSSR count). The Kier molecular flexibility index (Phi) is 5.38. The van der Waals surface area contributed by atoms with Crippen LogP contribution in [-0.2, 0) is 0 Å². The molecule has 0 saturated carbocycles. The van der Waals surface area contributed by atoms with E-state index in [1.807, 2.05) is 30.0 Å². The van der Waals surface area contributed by atoms with E-state index in [1.54, 1.807) is 7.11 Å². The van der Waals surface area contributed by atoms with Gasteiger partial charge in [0.15, 0.2) is 5.17 Å². The lowest BCUT2D eigenvalue weighted by molar-refractivity contribution is 0.318. The first-order valence-electron chi connectivity index (χ1n) is 6.89. The number of methoxy groups -OCH3 is 1. The van der Waals surface area contributed by atoms with E-state index in [0.717, 1.165) is 33.4 Å². The third-order valence-electron chi connectivity index (χ3n) is 3.93. The average molecular weight is 357 g/mol. The minimum atomic E-state index is 0.380. The molecule has 3 nitrogen and oxygen atoms in total. The summed E-state index contributed by atoms with van der Waals surface area (Å²) in [5.74, 6) is 1.97. The zero-order valence-corrected chi connectivity index (χ0v) is 14.6. The van der Waals surface area contributed by atoms with Gasteiger partial charge in [-0.25, -0.2) is 0 Å². The molecule has 1 aromatic carbocycles. The minimum Gasteiger partial charge on any atom is -0.497 e. The van der Waals surface area contributed by atoms with Gasteiger partial charge in [-0.15, -0.1) is 0 Å². The van der Waals surface area contributed by atoms with Crippen LogP contribution in [-0.4, -0.2) is 24.6 Å². The van der Waals surface area contributed by atoms with Crippen LogP contribution in [0.15, 0.2) is 27.7 Å². The molecule has 0 atom stereocenters. The van der Waals surface area contributed by atoms with Gasteiger partial charge in [0.05, 0.1) is 7.11 Å². The summed E-state index contributed by atoms with van der Waals surface area (Å²) in [4.78, 5) is 4.72. The molecule has 0 bridgehead atoms. The van der Waals surface area contributed by atoms with Crippen molar-refractivity contribution in [3.63, 3.8) is 0 Å². The third-order valence-corrected chi connectivity index (χ3v) is 5.65. The highest BCUT2D eigenvalue weighted by atomic mass is 79.9. The van der Waals surface area contributed by atoms with Crippen molar-refractivity contribution < 1.29 is 4.74 Å². The molecule has 0 fully saturated rings. The van der Waals surface area contributed by atoms with Crippen molar-refractivity contribution in [2.75, 3.05) is 24.7 Å². The number of benzene rings is 1. The summed E-state index contributed by atoms with van der Waals surface area (Å²) in [5, 5.41) is 4.39. The van der Waals surface area contributed by atoms with Crippen LogP contribution in [0.4, 0.5) is 5.69 Å². The van der Waals surface area contributed by atoms with Crippen molar-refractivity contribution in [3.8, 4) is 5.75 Å². The van der Waals surface area contributed by atoms with Crippen LogP contribution < -0.4 is 10.1 Å². The van der Waals surface area contributed by atoms with Crippen LogP contribution >= 0.6 is 27.7 Å². The maximum Gasteiger partial charge on any atom is 0.161 e. The van der Waals surface area contributed by atoms with Crippen LogP contribution in [0.3, 0.4) is 0 Å². The zero-order valence-electron chi connectivity index (χ0n) is 12.2. The molecule has 0 spiro atoms. The summed E-state index contributed by atoms with van der Waals surface area (Å²) in [7, 11) is 1.68. The second kappa shape index (κ2) is 6.85. The number of hydrogen-bond acceptors (Lipinski definition) is 4. The molecule has 110 valence electrons. The Balaban J connectivity index is 2.08. The zero-order chi connectivity index (χ0) is 14.6. The van der Waals surface area contributed by atoms with E-state index in [0.29, 0.717) is 5.41 Å². The van der Waals surface area contributed by atoms with Crippen molar-refractivity contribution in [2.45, 2.75) is 26.7 Å². The molecule has 1 heterocycles. The summed E-state index contributed by atoms with van der Waals surface area (Å²) >= 11 is 5.31. The first-order chi connectivity index (χ1) is 9.60. The number of rotatable bonds is 4. The number of nitrogens with one attached hydrogen (secondary N) is 1. The second-order valence-electron chi connectivity index (χ2n) is 5.12. The summed E-state index contributed by atoms with van der Waals surface area (Å²) < 4.78 is 6.27. The number of amidine groups is 1. The van der Waals surface area contributed by atoms with E-state index in [-0.39, 0.29) is 0 Å². The standard InChI is InChI=1S/C15H21BrN2OS/c1-4-15(5-2)9-17-14(20-10-15)18-12-6-11(16)7-13(8-12)19-3/h6-8H,4-5,9-10H2,1-3H3,(H,17,18). The van der Waals surface area contributed by atoms with E-state index in [1.165, 1.54) is 12.8 Å². The van der Waals surface area contributed by atoms with E-state index in [9.17, 15) is 0 Å². The van der Waals surface area contributed by atoms with Gasteiger partial charge in [-0.3, -0.25) is 4.99 Å². The summed E-state index contributed by atoms with van der Waals surface area (Å²) in [6, 6.07) is 5.96. The molecule has 20 heavy (non-hydrogen) atoms. The Morgan fingerprint density at radius 1 is 1.35 bits per heavy atom. The molecule has 1 aliphatic heterocycles. The van der Waals surface area contributed by atoms with Gasteiger partial charge in [0.2, 0.25) is 0 Å². The topological polar surface area (TPSA) is 33.6 Å². The number of halogens is 1. The quantitative estimate of drug-likeness (QED) is 0.842. The van der Waals surface area contributed by atoms with Crippen LogP contribution in [0.2, 0.25) is 0 Å². The van der Waals surface area contributed by atoms with Crippen LogP contribution in [0.5, 0.6) is 5.75 Å². The predicted octanol–water partition coefficient (Wildman–Crippen LogP) is 4.78. The lowest BCUT2D eigenvalue weighted by atomic mass is 9.84. The first kappa shape index (κ1) is 15.7. The second-order valence-corrected chi connectivity index (χ2v) is 7.00. The lowest BCUT2D eigenvalue weighted by Crippen LogP contribution is -2.32. The van der Waals surface area contributed by atoms with E-state index in [4.69, 9.17) is 9.73 Å². The normalized spacial score (nSPS) is 17.5. The predicted molar refractivity (Wildman–Crippen MR) is 92.1 cm³/mol. The number of anilines is 1. The molecule has 0 aromatic heterocycles. The highest BCUT2D eigenvalue weighted by molar-refractivity contribution is 9.10. The lowest BCUT2D eigenvalue weighted by Gasteiger charge is -2.33. The van der Waals surface area contributed by atoms with Crippen molar-refractivity contribution >= 4 is 38.5 Å². The number of ether oxygens (including phenoxy) is 1. The van der Waals surface area contributed by atoms with Crippen LogP contribution in [0, 0.1) is 5.41 Å². The summed E-state index contributed by atoms with van der Waals surface area (Å²) in [6.45, 7) is 5.44. The maximum atomic E-state index is 5.28. The molecule has 0 saturated heterocycles. The van der Waals surface area contributed by atoms with Crippen molar-refractivity contribution in [3.05, 3.63) is 22.7 Å². The molecule has 0 amide bonds. The molecular formula is C15H21BrN2OS. The Morgan fingerprint density at radius 3 is 2.65 bits per heavy atom. The molecule has 0 aliphatic carbocycles. The first-order valence-corrected chi connectivity index (χ1v) is 8.67. The van der Waals surface area contributed by atoms with Gasteiger partial charge in [0, 0.05) is 28.5 Å². The van der Waals surface area contributed by atoms with Gasteiger partial charge < -0.3 is 10.1 Å². The van der Waals surface area contributed by atoms with Gasteiger partial charge in [0.1, 0.15) is 5.75 Å².